The number of primary amides is 1. The number of nitrogens with one attached hydrogen (secondary N) is 1. The molecule has 0 spiro atoms. The second-order valence-corrected chi connectivity index (χ2v) is 9.80. The number of hydrogen-bond acceptors (Lipinski definition) is 5. The van der Waals surface area contributed by atoms with Crippen molar-refractivity contribution >= 4 is 28.8 Å². The van der Waals surface area contributed by atoms with Crippen LogP contribution in [0.2, 0.25) is 0 Å². The Balaban J connectivity index is 1.38. The first-order valence-electron chi connectivity index (χ1n) is 11.0. The fourth-order valence-corrected chi connectivity index (χ4v) is 5.89. The number of aromatic nitrogens is 2. The van der Waals surface area contributed by atoms with Crippen LogP contribution >= 0.6 is 11.3 Å². The number of thiophene rings is 1. The molecule has 3 N–H and O–H groups in total. The van der Waals surface area contributed by atoms with E-state index in [0.717, 1.165) is 41.2 Å². The topological polar surface area (TPSA) is 93.2 Å². The SMILES string of the molecule is Cc1nn(Cc2ccccc2)cc1-c1cc(NC(=O)C2CC3CCN2CC3)c(C(N)=O)s1. The van der Waals surface area contributed by atoms with E-state index in [-0.39, 0.29) is 11.9 Å². The Bertz CT molecular complexity index is 1140. The number of amides is 2. The molecule has 8 heteroatoms. The molecule has 1 unspecified atom stereocenters. The van der Waals surface area contributed by atoms with E-state index in [9.17, 15) is 9.59 Å². The Morgan fingerprint density at radius 1 is 1.22 bits per heavy atom. The van der Waals surface area contributed by atoms with Crippen molar-refractivity contribution in [1.29, 1.82) is 0 Å². The largest absolute Gasteiger partial charge is 0.365 e. The molecule has 2 amide bonds. The minimum atomic E-state index is -0.531. The van der Waals surface area contributed by atoms with E-state index in [4.69, 9.17) is 5.73 Å². The summed E-state index contributed by atoms with van der Waals surface area (Å²) >= 11 is 1.30. The van der Waals surface area contributed by atoms with Gasteiger partial charge >= 0.3 is 0 Å². The molecule has 3 aliphatic rings. The summed E-state index contributed by atoms with van der Waals surface area (Å²) in [6.45, 7) is 4.56. The van der Waals surface area contributed by atoms with Gasteiger partial charge in [-0.2, -0.15) is 5.10 Å². The number of hydrogen-bond donors (Lipinski definition) is 2. The van der Waals surface area contributed by atoms with Gasteiger partial charge in [0.2, 0.25) is 5.91 Å². The lowest BCUT2D eigenvalue weighted by Crippen LogP contribution is -2.53. The number of carbonyl (C=O) groups excluding carboxylic acids is 2. The summed E-state index contributed by atoms with van der Waals surface area (Å²) in [5, 5.41) is 7.64. The van der Waals surface area contributed by atoms with Crippen LogP contribution in [-0.2, 0) is 11.3 Å². The molecular weight excluding hydrogens is 422 g/mol. The van der Waals surface area contributed by atoms with Crippen molar-refractivity contribution in [3.05, 3.63) is 58.7 Å². The van der Waals surface area contributed by atoms with Gasteiger partial charge in [-0.05, 0) is 56.8 Å². The molecule has 5 heterocycles. The first-order valence-corrected chi connectivity index (χ1v) is 11.9. The maximum atomic E-state index is 13.0. The molecule has 3 aromatic rings. The highest BCUT2D eigenvalue weighted by Gasteiger charge is 2.38. The van der Waals surface area contributed by atoms with Crippen molar-refractivity contribution in [2.75, 3.05) is 18.4 Å². The summed E-state index contributed by atoms with van der Waals surface area (Å²) in [7, 11) is 0. The molecule has 2 aromatic heterocycles. The van der Waals surface area contributed by atoms with Crippen molar-refractivity contribution in [3.8, 4) is 10.4 Å². The number of nitrogens with zero attached hydrogens (tertiary/aromatic N) is 3. The molecule has 3 aliphatic heterocycles. The molecule has 0 aliphatic carbocycles. The summed E-state index contributed by atoms with van der Waals surface area (Å²) in [5.41, 5.74) is 9.12. The minimum Gasteiger partial charge on any atom is -0.365 e. The Morgan fingerprint density at radius 3 is 2.62 bits per heavy atom. The standard InChI is InChI=1S/C24H27N5O2S/c1-15-18(14-29(27-15)13-17-5-3-2-4-6-17)21-12-19(22(32-21)23(25)30)26-24(31)20-11-16-7-9-28(20)10-8-16/h2-6,12,14,16,20H,7-11,13H2,1H3,(H2,25,30)(H,26,31). The van der Waals surface area contributed by atoms with E-state index in [1.165, 1.54) is 24.2 Å². The predicted molar refractivity (Wildman–Crippen MR) is 126 cm³/mol. The van der Waals surface area contributed by atoms with Crippen molar-refractivity contribution in [3.63, 3.8) is 0 Å². The number of nitrogens with two attached hydrogens (primary N) is 1. The minimum absolute atomic E-state index is 0.0438. The van der Waals surface area contributed by atoms with Gasteiger partial charge in [-0.3, -0.25) is 19.2 Å². The lowest BCUT2D eigenvalue weighted by Gasteiger charge is -2.44. The van der Waals surface area contributed by atoms with Gasteiger partial charge in [0.25, 0.3) is 5.91 Å². The summed E-state index contributed by atoms with van der Waals surface area (Å²) in [4.78, 5) is 28.7. The summed E-state index contributed by atoms with van der Waals surface area (Å²) < 4.78 is 1.90. The van der Waals surface area contributed by atoms with E-state index < -0.39 is 5.91 Å². The first kappa shape index (κ1) is 20.9. The molecule has 1 atom stereocenters. The molecule has 1 aromatic carbocycles. The summed E-state index contributed by atoms with van der Waals surface area (Å²) in [6.07, 6.45) is 5.22. The normalized spacial score (nSPS) is 22.1. The third-order valence-electron chi connectivity index (χ3n) is 6.56. The Morgan fingerprint density at radius 2 is 1.97 bits per heavy atom. The Hall–Kier alpha value is -2.97. The quantitative estimate of drug-likeness (QED) is 0.602. The molecule has 7 nitrogen and oxygen atoms in total. The smallest absolute Gasteiger partial charge is 0.260 e. The van der Waals surface area contributed by atoms with Gasteiger partial charge in [-0.1, -0.05) is 30.3 Å². The van der Waals surface area contributed by atoms with Crippen LogP contribution in [0, 0.1) is 12.8 Å². The number of carbonyl (C=O) groups is 2. The number of rotatable bonds is 6. The zero-order chi connectivity index (χ0) is 22.2. The highest BCUT2D eigenvalue weighted by molar-refractivity contribution is 7.18. The predicted octanol–water partition coefficient (Wildman–Crippen LogP) is 3.49. The van der Waals surface area contributed by atoms with E-state index in [1.54, 1.807) is 0 Å². The average molecular weight is 450 g/mol. The van der Waals surface area contributed by atoms with Crippen molar-refractivity contribution in [2.45, 2.75) is 38.8 Å². The van der Waals surface area contributed by atoms with E-state index in [0.29, 0.717) is 23.0 Å². The van der Waals surface area contributed by atoms with Gasteiger partial charge in [0.05, 0.1) is 24.0 Å². The number of benzene rings is 1. The Kier molecular flexibility index (Phi) is 5.57. The second kappa shape index (κ2) is 8.52. The van der Waals surface area contributed by atoms with Crippen molar-refractivity contribution in [1.82, 2.24) is 14.7 Å². The fraction of sp³-hybridized carbons (Fsp3) is 0.375. The van der Waals surface area contributed by atoms with Gasteiger partial charge in [-0.15, -0.1) is 11.3 Å². The van der Waals surface area contributed by atoms with Crippen LogP contribution < -0.4 is 11.1 Å². The lowest BCUT2D eigenvalue weighted by molar-refractivity contribution is -0.125. The highest BCUT2D eigenvalue weighted by Crippen LogP contribution is 2.37. The third kappa shape index (κ3) is 4.08. The molecule has 166 valence electrons. The average Bonchev–Trinajstić information content (AvgIpc) is 3.38. The Labute approximate surface area is 191 Å². The monoisotopic (exact) mass is 449 g/mol. The van der Waals surface area contributed by atoms with E-state index in [2.05, 4.69) is 27.4 Å². The maximum absolute atomic E-state index is 13.0. The second-order valence-electron chi connectivity index (χ2n) is 8.75. The number of piperidine rings is 3. The zero-order valence-electron chi connectivity index (χ0n) is 18.1. The molecule has 0 radical (unpaired) electrons. The number of aryl methyl sites for hydroxylation is 1. The van der Waals surface area contributed by atoms with Crippen LogP contribution in [0.3, 0.4) is 0 Å². The highest BCUT2D eigenvalue weighted by atomic mass is 32.1. The summed E-state index contributed by atoms with van der Waals surface area (Å²) in [5.74, 6) is 0.0524. The van der Waals surface area contributed by atoms with Crippen molar-refractivity contribution in [2.24, 2.45) is 11.7 Å². The van der Waals surface area contributed by atoms with Crippen LogP contribution in [0.4, 0.5) is 5.69 Å². The van der Waals surface area contributed by atoms with Crippen LogP contribution in [0.5, 0.6) is 0 Å². The van der Waals surface area contributed by atoms with Gasteiger partial charge in [-0.25, -0.2) is 0 Å². The first-order chi connectivity index (χ1) is 15.5. The molecule has 6 rings (SSSR count). The van der Waals surface area contributed by atoms with Crippen LogP contribution in [0.25, 0.3) is 10.4 Å². The fourth-order valence-electron chi connectivity index (χ4n) is 4.86. The van der Waals surface area contributed by atoms with Crippen LogP contribution in [-0.4, -0.2) is 45.6 Å². The molecular formula is C24H27N5O2S. The van der Waals surface area contributed by atoms with Gasteiger partial charge < -0.3 is 11.1 Å². The summed E-state index contributed by atoms with van der Waals surface area (Å²) in [6, 6.07) is 11.9. The molecule has 3 saturated heterocycles. The molecule has 0 saturated carbocycles. The van der Waals surface area contributed by atoms with Gasteiger partial charge in [0, 0.05) is 16.6 Å². The zero-order valence-corrected chi connectivity index (χ0v) is 18.9. The lowest BCUT2D eigenvalue weighted by atomic mass is 9.83. The van der Waals surface area contributed by atoms with Crippen molar-refractivity contribution < 1.29 is 9.59 Å². The molecule has 3 fully saturated rings. The third-order valence-corrected chi connectivity index (χ3v) is 7.74. The maximum Gasteiger partial charge on any atom is 0.260 e. The number of fused-ring (bicyclic) bond motifs is 3. The molecule has 32 heavy (non-hydrogen) atoms. The van der Waals surface area contributed by atoms with E-state index >= 15 is 0 Å². The van der Waals surface area contributed by atoms with Crippen LogP contribution in [0.15, 0.2) is 42.6 Å². The van der Waals surface area contributed by atoms with Gasteiger partial charge in [0.1, 0.15) is 4.88 Å². The molecule has 2 bridgehead atoms. The number of anilines is 1. The van der Waals surface area contributed by atoms with Crippen LogP contribution in [0.1, 0.15) is 40.2 Å². The van der Waals surface area contributed by atoms with Gasteiger partial charge in [0.15, 0.2) is 0 Å². The van der Waals surface area contributed by atoms with E-state index in [1.807, 2.05) is 42.1 Å².